The lowest BCUT2D eigenvalue weighted by atomic mass is 10.1. The van der Waals surface area contributed by atoms with E-state index < -0.39 is 17.9 Å². The number of carboxylic acid groups (broad SMARTS) is 1. The van der Waals surface area contributed by atoms with Crippen LogP contribution in [0.4, 0.5) is 0 Å². The molecule has 2 aromatic rings. The van der Waals surface area contributed by atoms with E-state index in [9.17, 15) is 14.7 Å². The molecule has 0 aromatic heterocycles. The third-order valence-electron chi connectivity index (χ3n) is 3.42. The van der Waals surface area contributed by atoms with Gasteiger partial charge >= 0.3 is 5.97 Å². The Morgan fingerprint density at radius 1 is 1.00 bits per heavy atom. The van der Waals surface area contributed by atoms with Gasteiger partial charge in [-0.2, -0.15) is 0 Å². The highest BCUT2D eigenvalue weighted by atomic mass is 16.5. The number of rotatable bonds is 9. The average Bonchev–Trinajstić information content (AvgIpc) is 2.61. The van der Waals surface area contributed by atoms with Crippen molar-refractivity contribution in [1.82, 2.24) is 5.32 Å². The van der Waals surface area contributed by atoms with Crippen molar-refractivity contribution in [2.75, 3.05) is 13.2 Å². The van der Waals surface area contributed by atoms with Crippen molar-refractivity contribution >= 4 is 11.9 Å². The van der Waals surface area contributed by atoms with Crippen LogP contribution in [0.3, 0.4) is 0 Å². The van der Waals surface area contributed by atoms with Crippen molar-refractivity contribution in [3.8, 4) is 11.5 Å². The van der Waals surface area contributed by atoms with Crippen LogP contribution in [0.15, 0.2) is 54.6 Å². The van der Waals surface area contributed by atoms with Crippen LogP contribution < -0.4 is 14.8 Å². The lowest BCUT2D eigenvalue weighted by molar-refractivity contribution is -0.142. The summed E-state index contributed by atoms with van der Waals surface area (Å²) in [6, 6.07) is 15.1. The maximum absolute atomic E-state index is 12.1. The first kappa shape index (κ1) is 18.3. The minimum Gasteiger partial charge on any atom is -0.490 e. The van der Waals surface area contributed by atoms with E-state index in [1.165, 1.54) is 0 Å². The van der Waals surface area contributed by atoms with E-state index in [0.717, 1.165) is 5.56 Å². The number of amides is 1. The van der Waals surface area contributed by atoms with E-state index in [1.54, 1.807) is 24.3 Å². The minimum absolute atomic E-state index is 0.206. The molecule has 2 N–H and O–H groups in total. The van der Waals surface area contributed by atoms with Gasteiger partial charge in [-0.05, 0) is 24.6 Å². The molecule has 1 amide bonds. The Kier molecular flexibility index (Phi) is 6.83. The Morgan fingerprint density at radius 3 is 2.20 bits per heavy atom. The topological polar surface area (TPSA) is 84.9 Å². The van der Waals surface area contributed by atoms with Crippen LogP contribution in [0.25, 0.3) is 0 Å². The second-order valence-electron chi connectivity index (χ2n) is 5.32. The Bertz CT molecular complexity index is 702. The normalized spacial score (nSPS) is 11.4. The highest BCUT2D eigenvalue weighted by Gasteiger charge is 2.20. The van der Waals surface area contributed by atoms with Gasteiger partial charge in [-0.3, -0.25) is 4.79 Å². The zero-order chi connectivity index (χ0) is 18.1. The second kappa shape index (κ2) is 9.32. The largest absolute Gasteiger partial charge is 0.490 e. The zero-order valence-corrected chi connectivity index (χ0v) is 14.0. The van der Waals surface area contributed by atoms with Crippen molar-refractivity contribution in [2.45, 2.75) is 19.4 Å². The smallest absolute Gasteiger partial charge is 0.326 e. The van der Waals surface area contributed by atoms with E-state index in [1.807, 2.05) is 37.3 Å². The number of carboxylic acids is 1. The molecule has 0 saturated carbocycles. The maximum Gasteiger partial charge on any atom is 0.326 e. The van der Waals surface area contributed by atoms with Gasteiger partial charge in [0.2, 0.25) is 0 Å². The van der Waals surface area contributed by atoms with Crippen molar-refractivity contribution in [3.05, 3.63) is 60.2 Å². The molecule has 132 valence electrons. The van der Waals surface area contributed by atoms with E-state index >= 15 is 0 Å². The SMILES string of the molecule is CCOc1ccccc1OCC(=O)NC(Cc1ccccc1)C(=O)O. The Labute approximate surface area is 146 Å². The van der Waals surface area contributed by atoms with Crippen LogP contribution in [0.2, 0.25) is 0 Å². The molecular formula is C19H21NO5. The van der Waals surface area contributed by atoms with Crippen molar-refractivity contribution in [1.29, 1.82) is 0 Å². The maximum atomic E-state index is 12.1. The summed E-state index contributed by atoms with van der Waals surface area (Å²) in [5.41, 5.74) is 0.831. The van der Waals surface area contributed by atoms with Crippen LogP contribution in [0.5, 0.6) is 11.5 Å². The summed E-state index contributed by atoms with van der Waals surface area (Å²) in [4.78, 5) is 23.4. The standard InChI is InChI=1S/C19H21NO5/c1-2-24-16-10-6-7-11-17(16)25-13-18(21)20-15(19(22)23)12-14-8-4-3-5-9-14/h3-11,15H,2,12-13H2,1H3,(H,20,21)(H,22,23). The Morgan fingerprint density at radius 2 is 1.60 bits per heavy atom. The van der Waals surface area contributed by atoms with Crippen LogP contribution in [-0.4, -0.2) is 36.2 Å². The number of para-hydroxylation sites is 2. The molecule has 0 heterocycles. The lowest BCUT2D eigenvalue weighted by Crippen LogP contribution is -2.44. The van der Waals surface area contributed by atoms with E-state index in [4.69, 9.17) is 9.47 Å². The van der Waals surface area contributed by atoms with Crippen molar-refractivity contribution in [2.24, 2.45) is 0 Å². The third-order valence-corrected chi connectivity index (χ3v) is 3.42. The quantitative estimate of drug-likeness (QED) is 0.730. The number of hydrogen-bond donors (Lipinski definition) is 2. The van der Waals surface area contributed by atoms with Crippen LogP contribution >= 0.6 is 0 Å². The summed E-state index contributed by atoms with van der Waals surface area (Å²) in [6.45, 7) is 2.04. The average molecular weight is 343 g/mol. The molecule has 1 atom stereocenters. The van der Waals surface area contributed by atoms with Gasteiger partial charge in [0, 0.05) is 6.42 Å². The molecule has 0 fully saturated rings. The molecule has 0 spiro atoms. The zero-order valence-electron chi connectivity index (χ0n) is 14.0. The van der Waals surface area contributed by atoms with Crippen LogP contribution in [0, 0.1) is 0 Å². The fourth-order valence-electron chi connectivity index (χ4n) is 2.27. The number of aliphatic carboxylic acids is 1. The van der Waals surface area contributed by atoms with Gasteiger partial charge in [-0.25, -0.2) is 4.79 Å². The van der Waals surface area contributed by atoms with E-state index in [2.05, 4.69) is 5.32 Å². The number of carbonyl (C=O) groups is 2. The molecule has 0 saturated heterocycles. The summed E-state index contributed by atoms with van der Waals surface area (Å²) in [5, 5.41) is 11.8. The highest BCUT2D eigenvalue weighted by Crippen LogP contribution is 2.26. The summed E-state index contributed by atoms with van der Waals surface area (Å²) in [6.07, 6.45) is 0.206. The summed E-state index contributed by atoms with van der Waals surface area (Å²) in [7, 11) is 0. The van der Waals surface area contributed by atoms with Gasteiger partial charge in [-0.15, -0.1) is 0 Å². The molecule has 6 heteroatoms. The summed E-state index contributed by atoms with van der Waals surface area (Å²) < 4.78 is 10.9. The van der Waals surface area contributed by atoms with Crippen molar-refractivity contribution < 1.29 is 24.2 Å². The van der Waals surface area contributed by atoms with E-state index in [0.29, 0.717) is 18.1 Å². The molecule has 0 aliphatic rings. The Balaban J connectivity index is 1.92. The van der Waals surface area contributed by atoms with E-state index in [-0.39, 0.29) is 13.0 Å². The molecule has 6 nitrogen and oxygen atoms in total. The molecule has 1 unspecified atom stereocenters. The fourth-order valence-corrected chi connectivity index (χ4v) is 2.27. The van der Waals surface area contributed by atoms with Gasteiger partial charge in [0.1, 0.15) is 6.04 Å². The molecule has 25 heavy (non-hydrogen) atoms. The summed E-state index contributed by atoms with van der Waals surface area (Å²) >= 11 is 0. The molecule has 0 aliphatic heterocycles. The number of ether oxygens (including phenoxy) is 2. The fraction of sp³-hybridized carbons (Fsp3) is 0.263. The van der Waals surface area contributed by atoms with Gasteiger partial charge in [-0.1, -0.05) is 42.5 Å². The molecule has 2 aromatic carbocycles. The number of nitrogens with one attached hydrogen (secondary N) is 1. The highest BCUT2D eigenvalue weighted by molar-refractivity contribution is 5.84. The molecular weight excluding hydrogens is 322 g/mol. The van der Waals surface area contributed by atoms with Crippen LogP contribution in [0.1, 0.15) is 12.5 Å². The number of hydrogen-bond acceptors (Lipinski definition) is 4. The first-order valence-electron chi connectivity index (χ1n) is 8.01. The predicted octanol–water partition coefficient (Wildman–Crippen LogP) is 2.28. The predicted molar refractivity (Wildman–Crippen MR) is 92.8 cm³/mol. The van der Waals surface area contributed by atoms with Gasteiger partial charge in [0.15, 0.2) is 18.1 Å². The van der Waals surface area contributed by atoms with Gasteiger partial charge in [0.05, 0.1) is 6.61 Å². The lowest BCUT2D eigenvalue weighted by Gasteiger charge is -2.16. The number of carbonyl (C=O) groups excluding carboxylic acids is 1. The molecule has 0 aliphatic carbocycles. The van der Waals surface area contributed by atoms with Gasteiger partial charge in [0.25, 0.3) is 5.91 Å². The molecule has 2 rings (SSSR count). The van der Waals surface area contributed by atoms with Gasteiger partial charge < -0.3 is 19.9 Å². The molecule has 0 radical (unpaired) electrons. The second-order valence-corrected chi connectivity index (χ2v) is 5.32. The van der Waals surface area contributed by atoms with Crippen molar-refractivity contribution in [3.63, 3.8) is 0 Å². The summed E-state index contributed by atoms with van der Waals surface area (Å²) in [5.74, 6) is -0.618. The Hall–Kier alpha value is -3.02. The first-order valence-corrected chi connectivity index (χ1v) is 8.01. The monoisotopic (exact) mass is 343 g/mol. The molecule has 0 bridgehead atoms. The first-order chi connectivity index (χ1) is 12.1. The minimum atomic E-state index is -1.09. The van der Waals surface area contributed by atoms with Crippen LogP contribution in [-0.2, 0) is 16.0 Å². The number of benzene rings is 2. The third kappa shape index (κ3) is 5.84.